The molecular formula is C18H18N2O2. The zero-order valence-corrected chi connectivity index (χ0v) is 12.9. The highest BCUT2D eigenvalue weighted by Crippen LogP contribution is 2.31. The molecule has 0 radical (unpaired) electrons. The molecule has 0 bridgehead atoms. The van der Waals surface area contributed by atoms with Crippen LogP contribution in [-0.2, 0) is 9.53 Å². The summed E-state index contributed by atoms with van der Waals surface area (Å²) in [5.41, 5.74) is 4.02. The average Bonchev–Trinajstić information content (AvgIpc) is 2.93. The van der Waals surface area contributed by atoms with Crippen molar-refractivity contribution < 1.29 is 9.53 Å². The molecule has 112 valence electrons. The Morgan fingerprint density at radius 2 is 1.91 bits per heavy atom. The van der Waals surface area contributed by atoms with E-state index in [0.29, 0.717) is 5.90 Å². The molecule has 0 aliphatic carbocycles. The maximum absolute atomic E-state index is 11.9. The van der Waals surface area contributed by atoms with Gasteiger partial charge in [-0.1, -0.05) is 42.0 Å². The van der Waals surface area contributed by atoms with Crippen molar-refractivity contribution in [2.45, 2.75) is 27.0 Å². The smallest absolute Gasteiger partial charge is 0.243 e. The highest BCUT2D eigenvalue weighted by atomic mass is 16.5. The van der Waals surface area contributed by atoms with Crippen LogP contribution in [0.4, 0.5) is 0 Å². The Morgan fingerprint density at radius 1 is 1.14 bits per heavy atom. The minimum atomic E-state index is -0.505. The summed E-state index contributed by atoms with van der Waals surface area (Å²) in [5.74, 6) is 0.336. The predicted octanol–water partition coefficient (Wildman–Crippen LogP) is 3.54. The zero-order valence-electron chi connectivity index (χ0n) is 12.9. The first-order chi connectivity index (χ1) is 10.6. The Balaban J connectivity index is 1.99. The topological polar surface area (TPSA) is 41.9 Å². The second-order valence-corrected chi connectivity index (χ2v) is 5.47. The lowest BCUT2D eigenvalue weighted by atomic mass is 10.1. The van der Waals surface area contributed by atoms with Crippen LogP contribution < -0.4 is 0 Å². The number of benzene rings is 2. The van der Waals surface area contributed by atoms with E-state index in [4.69, 9.17) is 4.74 Å². The first-order valence-electron chi connectivity index (χ1n) is 7.24. The van der Waals surface area contributed by atoms with Gasteiger partial charge in [-0.2, -0.15) is 5.01 Å². The molecule has 2 aromatic rings. The van der Waals surface area contributed by atoms with Gasteiger partial charge in [0.2, 0.25) is 18.0 Å². The Bertz CT molecular complexity index is 752. The molecule has 0 saturated heterocycles. The van der Waals surface area contributed by atoms with Crippen molar-refractivity contribution in [1.29, 1.82) is 0 Å². The molecule has 1 aliphatic rings. The summed E-state index contributed by atoms with van der Waals surface area (Å²) >= 11 is 0. The van der Waals surface area contributed by atoms with Gasteiger partial charge in [0.25, 0.3) is 0 Å². The monoisotopic (exact) mass is 294 g/mol. The van der Waals surface area contributed by atoms with Crippen LogP contribution in [0.2, 0.25) is 0 Å². The number of carbonyl (C=O) groups excluding carboxylic acids is 1. The highest BCUT2D eigenvalue weighted by Gasteiger charge is 2.33. The van der Waals surface area contributed by atoms with Crippen LogP contribution in [0.1, 0.15) is 35.4 Å². The third kappa shape index (κ3) is 2.60. The third-order valence-corrected chi connectivity index (χ3v) is 3.69. The van der Waals surface area contributed by atoms with Crippen molar-refractivity contribution in [1.82, 2.24) is 5.01 Å². The SMILES string of the molecule is CC(=O)N1N=C(c2cccc(C)c2)OC1c1ccccc1C. The summed E-state index contributed by atoms with van der Waals surface area (Å²) in [5, 5.41) is 5.78. The van der Waals surface area contributed by atoms with Crippen LogP contribution in [0, 0.1) is 13.8 Å². The number of amides is 1. The molecule has 0 spiro atoms. The first-order valence-corrected chi connectivity index (χ1v) is 7.24. The van der Waals surface area contributed by atoms with E-state index < -0.39 is 6.23 Å². The molecule has 1 heterocycles. The van der Waals surface area contributed by atoms with Gasteiger partial charge in [0.05, 0.1) is 0 Å². The summed E-state index contributed by atoms with van der Waals surface area (Å²) in [7, 11) is 0. The van der Waals surface area contributed by atoms with E-state index in [1.165, 1.54) is 11.9 Å². The van der Waals surface area contributed by atoms with E-state index in [2.05, 4.69) is 5.10 Å². The van der Waals surface area contributed by atoms with Gasteiger partial charge in [-0.25, -0.2) is 0 Å². The van der Waals surface area contributed by atoms with Crippen molar-refractivity contribution in [3.05, 3.63) is 70.8 Å². The number of hydrogen-bond donors (Lipinski definition) is 0. The van der Waals surface area contributed by atoms with Gasteiger partial charge >= 0.3 is 0 Å². The van der Waals surface area contributed by atoms with Crippen molar-refractivity contribution >= 4 is 11.8 Å². The van der Waals surface area contributed by atoms with Gasteiger partial charge in [-0.15, -0.1) is 5.10 Å². The molecule has 1 amide bonds. The molecule has 4 heteroatoms. The van der Waals surface area contributed by atoms with Gasteiger partial charge < -0.3 is 4.74 Å². The highest BCUT2D eigenvalue weighted by molar-refractivity contribution is 5.96. The minimum Gasteiger partial charge on any atom is -0.446 e. The standard InChI is InChI=1S/C18H18N2O2/c1-12-7-6-9-15(11-12)17-19-20(14(3)21)18(22-17)16-10-5-4-8-13(16)2/h4-11,18H,1-3H3. The van der Waals surface area contributed by atoms with Gasteiger partial charge in [0.1, 0.15) is 0 Å². The van der Waals surface area contributed by atoms with E-state index in [0.717, 1.165) is 22.3 Å². The largest absolute Gasteiger partial charge is 0.446 e. The van der Waals surface area contributed by atoms with Crippen molar-refractivity contribution in [3.8, 4) is 0 Å². The van der Waals surface area contributed by atoms with Crippen molar-refractivity contribution in [2.24, 2.45) is 5.10 Å². The van der Waals surface area contributed by atoms with E-state index in [1.807, 2.05) is 62.4 Å². The number of aryl methyl sites for hydroxylation is 2. The van der Waals surface area contributed by atoms with Crippen LogP contribution in [0.3, 0.4) is 0 Å². The number of ether oxygens (including phenoxy) is 1. The molecule has 22 heavy (non-hydrogen) atoms. The maximum Gasteiger partial charge on any atom is 0.243 e. The van der Waals surface area contributed by atoms with Gasteiger partial charge in [-0.3, -0.25) is 4.79 Å². The lowest BCUT2D eigenvalue weighted by Gasteiger charge is -2.20. The fraction of sp³-hybridized carbons (Fsp3) is 0.222. The molecular weight excluding hydrogens is 276 g/mol. The van der Waals surface area contributed by atoms with E-state index in [-0.39, 0.29) is 5.91 Å². The quantitative estimate of drug-likeness (QED) is 0.850. The number of hydrazone groups is 1. The van der Waals surface area contributed by atoms with Crippen LogP contribution in [0.25, 0.3) is 0 Å². The van der Waals surface area contributed by atoms with Crippen LogP contribution in [-0.4, -0.2) is 16.8 Å². The molecule has 0 aromatic heterocycles. The maximum atomic E-state index is 11.9. The molecule has 4 nitrogen and oxygen atoms in total. The molecule has 1 unspecified atom stereocenters. The summed E-state index contributed by atoms with van der Waals surface area (Å²) < 4.78 is 6.00. The van der Waals surface area contributed by atoms with Gasteiger partial charge in [0.15, 0.2) is 0 Å². The van der Waals surface area contributed by atoms with E-state index in [1.54, 1.807) is 0 Å². The fourth-order valence-corrected chi connectivity index (χ4v) is 2.53. The predicted molar refractivity (Wildman–Crippen MR) is 85.2 cm³/mol. The molecule has 0 fully saturated rings. The number of hydrogen-bond acceptors (Lipinski definition) is 3. The molecule has 3 rings (SSSR count). The lowest BCUT2D eigenvalue weighted by Crippen LogP contribution is -2.25. The summed E-state index contributed by atoms with van der Waals surface area (Å²) in [6, 6.07) is 15.8. The molecule has 1 atom stereocenters. The molecule has 1 aliphatic heterocycles. The lowest BCUT2D eigenvalue weighted by molar-refractivity contribution is -0.135. The third-order valence-electron chi connectivity index (χ3n) is 3.69. The van der Waals surface area contributed by atoms with Gasteiger partial charge in [0, 0.05) is 18.1 Å². The average molecular weight is 294 g/mol. The summed E-state index contributed by atoms with van der Waals surface area (Å²) in [4.78, 5) is 11.9. The Kier molecular flexibility index (Phi) is 3.67. The van der Waals surface area contributed by atoms with Crippen LogP contribution >= 0.6 is 0 Å². The molecule has 2 aromatic carbocycles. The van der Waals surface area contributed by atoms with Crippen molar-refractivity contribution in [3.63, 3.8) is 0 Å². The van der Waals surface area contributed by atoms with Crippen molar-refractivity contribution in [2.75, 3.05) is 0 Å². The van der Waals surface area contributed by atoms with E-state index >= 15 is 0 Å². The zero-order chi connectivity index (χ0) is 15.7. The molecule has 0 N–H and O–H groups in total. The normalized spacial score (nSPS) is 17.1. The Labute approximate surface area is 130 Å². The summed E-state index contributed by atoms with van der Waals surface area (Å²) in [6.45, 7) is 5.51. The number of carbonyl (C=O) groups is 1. The second-order valence-electron chi connectivity index (χ2n) is 5.47. The fourth-order valence-electron chi connectivity index (χ4n) is 2.53. The first kappa shape index (κ1) is 14.3. The van der Waals surface area contributed by atoms with Gasteiger partial charge in [-0.05, 0) is 31.5 Å². The van der Waals surface area contributed by atoms with Crippen LogP contribution in [0.15, 0.2) is 53.6 Å². The number of rotatable bonds is 2. The van der Waals surface area contributed by atoms with Crippen LogP contribution in [0.5, 0.6) is 0 Å². The summed E-state index contributed by atoms with van der Waals surface area (Å²) in [6.07, 6.45) is -0.505. The second kappa shape index (κ2) is 5.64. The minimum absolute atomic E-state index is 0.143. The Hall–Kier alpha value is -2.62. The molecule has 0 saturated carbocycles. The number of nitrogens with zero attached hydrogens (tertiary/aromatic N) is 2. The Morgan fingerprint density at radius 3 is 2.59 bits per heavy atom. The van der Waals surface area contributed by atoms with E-state index in [9.17, 15) is 4.79 Å².